The SMILES string of the molecule is CC(N)C1CCCN(C(=O)c2ccc(Cl)s2)C1. The van der Waals surface area contributed by atoms with Gasteiger partial charge in [0.1, 0.15) is 0 Å². The molecule has 2 N–H and O–H groups in total. The van der Waals surface area contributed by atoms with Crippen molar-refractivity contribution in [3.05, 3.63) is 21.3 Å². The van der Waals surface area contributed by atoms with Crippen molar-refractivity contribution >= 4 is 28.8 Å². The highest BCUT2D eigenvalue weighted by atomic mass is 35.5. The zero-order valence-corrected chi connectivity index (χ0v) is 11.4. The highest BCUT2D eigenvalue weighted by molar-refractivity contribution is 7.17. The van der Waals surface area contributed by atoms with Gasteiger partial charge in [-0.3, -0.25) is 4.79 Å². The molecule has 17 heavy (non-hydrogen) atoms. The standard InChI is InChI=1S/C12H17ClN2OS/c1-8(14)9-3-2-6-15(7-9)12(16)10-4-5-11(13)17-10/h4-5,8-9H,2-3,6-7,14H2,1H3. The van der Waals surface area contributed by atoms with E-state index in [2.05, 4.69) is 0 Å². The smallest absolute Gasteiger partial charge is 0.263 e. The number of nitrogens with two attached hydrogens (primary N) is 1. The molecule has 0 aliphatic carbocycles. The van der Waals surface area contributed by atoms with Crippen molar-refractivity contribution in [2.75, 3.05) is 13.1 Å². The molecule has 1 aromatic rings. The summed E-state index contributed by atoms with van der Waals surface area (Å²) in [4.78, 5) is 14.8. The Bertz CT molecular complexity index is 405. The van der Waals surface area contributed by atoms with Crippen LogP contribution in [0.3, 0.4) is 0 Å². The molecule has 2 rings (SSSR count). The molecule has 1 aliphatic heterocycles. The lowest BCUT2D eigenvalue weighted by molar-refractivity contribution is 0.0666. The summed E-state index contributed by atoms with van der Waals surface area (Å²) >= 11 is 7.19. The first-order chi connectivity index (χ1) is 8.08. The van der Waals surface area contributed by atoms with E-state index in [0.29, 0.717) is 10.3 Å². The molecule has 2 heterocycles. The quantitative estimate of drug-likeness (QED) is 0.900. The number of halogens is 1. The van der Waals surface area contributed by atoms with Gasteiger partial charge in [-0.15, -0.1) is 11.3 Å². The van der Waals surface area contributed by atoms with E-state index in [1.807, 2.05) is 11.8 Å². The second-order valence-corrected chi connectivity index (χ2v) is 6.33. The Balaban J connectivity index is 2.04. The highest BCUT2D eigenvalue weighted by Crippen LogP contribution is 2.25. The molecule has 0 aromatic carbocycles. The number of carbonyl (C=O) groups is 1. The maximum Gasteiger partial charge on any atom is 0.263 e. The van der Waals surface area contributed by atoms with Crippen LogP contribution in [0.15, 0.2) is 12.1 Å². The van der Waals surface area contributed by atoms with Gasteiger partial charge in [-0.25, -0.2) is 0 Å². The largest absolute Gasteiger partial charge is 0.338 e. The molecule has 0 bridgehead atoms. The summed E-state index contributed by atoms with van der Waals surface area (Å²) < 4.78 is 0.661. The van der Waals surface area contributed by atoms with Crippen LogP contribution in [0.1, 0.15) is 29.4 Å². The maximum absolute atomic E-state index is 12.2. The Labute approximate surface area is 111 Å². The molecular weight excluding hydrogens is 256 g/mol. The molecule has 0 spiro atoms. The van der Waals surface area contributed by atoms with Crippen molar-refractivity contribution in [2.24, 2.45) is 11.7 Å². The number of thiophene rings is 1. The van der Waals surface area contributed by atoms with Crippen LogP contribution in [0.5, 0.6) is 0 Å². The number of hydrogen-bond acceptors (Lipinski definition) is 3. The van der Waals surface area contributed by atoms with E-state index in [4.69, 9.17) is 17.3 Å². The summed E-state index contributed by atoms with van der Waals surface area (Å²) in [7, 11) is 0. The maximum atomic E-state index is 12.2. The van der Waals surface area contributed by atoms with Crippen LogP contribution in [0.2, 0.25) is 4.34 Å². The van der Waals surface area contributed by atoms with Crippen LogP contribution < -0.4 is 5.73 Å². The third kappa shape index (κ3) is 3.00. The minimum Gasteiger partial charge on any atom is -0.338 e. The number of likely N-dealkylation sites (tertiary alicyclic amines) is 1. The summed E-state index contributed by atoms with van der Waals surface area (Å²) in [6, 6.07) is 3.72. The second-order valence-electron chi connectivity index (χ2n) is 4.62. The Morgan fingerprint density at radius 2 is 2.41 bits per heavy atom. The van der Waals surface area contributed by atoms with Crippen molar-refractivity contribution in [3.8, 4) is 0 Å². The molecule has 1 amide bonds. The normalized spacial score (nSPS) is 22.5. The van der Waals surface area contributed by atoms with Crippen LogP contribution >= 0.6 is 22.9 Å². The summed E-state index contributed by atoms with van der Waals surface area (Å²) in [6.45, 7) is 3.62. The summed E-state index contributed by atoms with van der Waals surface area (Å²) in [5.74, 6) is 0.510. The van der Waals surface area contributed by atoms with Gasteiger partial charge < -0.3 is 10.6 Å². The van der Waals surface area contributed by atoms with E-state index in [9.17, 15) is 4.79 Å². The molecule has 2 unspecified atom stereocenters. The fraction of sp³-hybridized carbons (Fsp3) is 0.583. The summed E-state index contributed by atoms with van der Waals surface area (Å²) in [5, 5.41) is 0. The highest BCUT2D eigenvalue weighted by Gasteiger charge is 2.26. The van der Waals surface area contributed by atoms with Gasteiger partial charge in [-0.2, -0.15) is 0 Å². The topological polar surface area (TPSA) is 46.3 Å². The Morgan fingerprint density at radius 3 is 3.00 bits per heavy atom. The molecule has 2 atom stereocenters. The minimum absolute atomic E-state index is 0.0900. The molecule has 1 fully saturated rings. The number of amides is 1. The molecule has 1 aliphatic rings. The van der Waals surface area contributed by atoms with Gasteiger partial charge in [0.2, 0.25) is 0 Å². The first-order valence-electron chi connectivity index (χ1n) is 5.88. The zero-order chi connectivity index (χ0) is 12.4. The number of nitrogens with zero attached hydrogens (tertiary/aromatic N) is 1. The lowest BCUT2D eigenvalue weighted by atomic mass is 9.92. The van der Waals surface area contributed by atoms with Gasteiger partial charge in [-0.1, -0.05) is 11.6 Å². The van der Waals surface area contributed by atoms with Crippen LogP contribution in [-0.4, -0.2) is 29.9 Å². The third-order valence-electron chi connectivity index (χ3n) is 3.27. The lowest BCUT2D eigenvalue weighted by Crippen LogP contribution is -2.44. The van der Waals surface area contributed by atoms with E-state index in [0.717, 1.165) is 30.8 Å². The van der Waals surface area contributed by atoms with Gasteiger partial charge in [0, 0.05) is 19.1 Å². The lowest BCUT2D eigenvalue weighted by Gasteiger charge is -2.34. The van der Waals surface area contributed by atoms with Crippen molar-refractivity contribution in [1.29, 1.82) is 0 Å². The molecule has 0 radical (unpaired) electrons. The molecular formula is C12H17ClN2OS. The first kappa shape index (κ1) is 12.9. The van der Waals surface area contributed by atoms with Gasteiger partial charge in [-0.05, 0) is 37.8 Å². The zero-order valence-electron chi connectivity index (χ0n) is 9.86. The molecule has 94 valence electrons. The van der Waals surface area contributed by atoms with E-state index >= 15 is 0 Å². The molecule has 0 saturated carbocycles. The van der Waals surface area contributed by atoms with Crippen LogP contribution in [0.25, 0.3) is 0 Å². The van der Waals surface area contributed by atoms with Gasteiger partial charge in [0.25, 0.3) is 5.91 Å². The fourth-order valence-electron chi connectivity index (χ4n) is 2.21. The number of piperidine rings is 1. The van der Waals surface area contributed by atoms with Gasteiger partial charge in [0.15, 0.2) is 0 Å². The van der Waals surface area contributed by atoms with Crippen LogP contribution in [0.4, 0.5) is 0 Å². The van der Waals surface area contributed by atoms with Gasteiger partial charge >= 0.3 is 0 Å². The van der Waals surface area contributed by atoms with E-state index in [1.54, 1.807) is 12.1 Å². The molecule has 1 aromatic heterocycles. The average molecular weight is 273 g/mol. The predicted octanol–water partition coefficient (Wildman–Crippen LogP) is 2.60. The summed E-state index contributed by atoms with van der Waals surface area (Å²) in [5.41, 5.74) is 5.92. The minimum atomic E-state index is 0.0900. The van der Waals surface area contributed by atoms with Crippen LogP contribution in [-0.2, 0) is 0 Å². The Morgan fingerprint density at radius 1 is 1.65 bits per heavy atom. The van der Waals surface area contributed by atoms with Gasteiger partial charge in [0.05, 0.1) is 9.21 Å². The van der Waals surface area contributed by atoms with Crippen LogP contribution in [0, 0.1) is 5.92 Å². The Kier molecular flexibility index (Phi) is 4.07. The van der Waals surface area contributed by atoms with Crippen molar-refractivity contribution in [1.82, 2.24) is 4.90 Å². The van der Waals surface area contributed by atoms with E-state index in [1.165, 1.54) is 11.3 Å². The predicted molar refractivity (Wildman–Crippen MR) is 71.6 cm³/mol. The van der Waals surface area contributed by atoms with E-state index in [-0.39, 0.29) is 11.9 Å². The molecule has 1 saturated heterocycles. The average Bonchev–Trinajstić information content (AvgIpc) is 2.75. The summed E-state index contributed by atoms with van der Waals surface area (Å²) in [6.07, 6.45) is 2.16. The fourth-order valence-corrected chi connectivity index (χ4v) is 3.22. The second kappa shape index (κ2) is 5.38. The number of carbonyl (C=O) groups excluding carboxylic acids is 1. The molecule has 3 nitrogen and oxygen atoms in total. The van der Waals surface area contributed by atoms with Crippen molar-refractivity contribution in [3.63, 3.8) is 0 Å². The van der Waals surface area contributed by atoms with Crippen molar-refractivity contribution in [2.45, 2.75) is 25.8 Å². The van der Waals surface area contributed by atoms with Crippen molar-refractivity contribution < 1.29 is 4.79 Å². The van der Waals surface area contributed by atoms with E-state index < -0.39 is 0 Å². The molecule has 5 heteroatoms. The number of rotatable bonds is 2. The number of hydrogen-bond donors (Lipinski definition) is 1. The first-order valence-corrected chi connectivity index (χ1v) is 7.07. The Hall–Kier alpha value is -0.580. The third-order valence-corrected chi connectivity index (χ3v) is 4.49. The monoisotopic (exact) mass is 272 g/mol.